The standard InChI is InChI=1S/C21H31N3OS/c1-22-11-10-20(21-5-3-16-26-21)25-19-8-6-18(7-9-19)17-24-13-4-12-23(2)14-15-24/h3,5-9,16,20,22H,4,10-15,17H2,1-2H3. The highest BCUT2D eigenvalue weighted by Crippen LogP contribution is 2.28. The monoisotopic (exact) mass is 373 g/mol. The van der Waals surface area contributed by atoms with Crippen molar-refractivity contribution in [2.45, 2.75) is 25.5 Å². The van der Waals surface area contributed by atoms with Gasteiger partial charge in [-0.25, -0.2) is 0 Å². The lowest BCUT2D eigenvalue weighted by molar-refractivity contribution is 0.198. The number of thiophene rings is 1. The van der Waals surface area contributed by atoms with E-state index in [2.05, 4.69) is 63.9 Å². The van der Waals surface area contributed by atoms with Crippen molar-refractivity contribution in [2.75, 3.05) is 46.8 Å². The van der Waals surface area contributed by atoms with Crippen LogP contribution in [0.15, 0.2) is 41.8 Å². The largest absolute Gasteiger partial charge is 0.485 e. The Hall–Kier alpha value is -1.40. The average Bonchev–Trinajstić information content (AvgIpc) is 3.11. The molecule has 1 aromatic heterocycles. The minimum Gasteiger partial charge on any atom is -0.485 e. The van der Waals surface area contributed by atoms with Crippen molar-refractivity contribution < 1.29 is 4.74 Å². The summed E-state index contributed by atoms with van der Waals surface area (Å²) in [5.74, 6) is 0.957. The molecular formula is C21H31N3OS. The quantitative estimate of drug-likeness (QED) is 0.765. The highest BCUT2D eigenvalue weighted by Gasteiger charge is 2.15. The minimum atomic E-state index is 0.120. The highest BCUT2D eigenvalue weighted by atomic mass is 32.1. The molecule has 1 aliphatic heterocycles. The first-order chi connectivity index (χ1) is 12.7. The lowest BCUT2D eigenvalue weighted by atomic mass is 10.2. The van der Waals surface area contributed by atoms with Gasteiger partial charge in [0.1, 0.15) is 11.9 Å². The van der Waals surface area contributed by atoms with Crippen LogP contribution in [0, 0.1) is 0 Å². The van der Waals surface area contributed by atoms with Crippen LogP contribution in [-0.4, -0.2) is 56.6 Å². The smallest absolute Gasteiger partial charge is 0.134 e. The predicted octanol–water partition coefficient (Wildman–Crippen LogP) is 3.62. The molecule has 0 amide bonds. The number of benzene rings is 1. The molecule has 4 nitrogen and oxygen atoms in total. The summed E-state index contributed by atoms with van der Waals surface area (Å²) in [5.41, 5.74) is 1.37. The molecule has 3 rings (SSSR count). The second-order valence-corrected chi connectivity index (χ2v) is 8.07. The summed E-state index contributed by atoms with van der Waals surface area (Å²) in [5, 5.41) is 5.34. The highest BCUT2D eigenvalue weighted by molar-refractivity contribution is 7.10. The van der Waals surface area contributed by atoms with Crippen molar-refractivity contribution in [3.8, 4) is 5.75 Å². The second-order valence-electron chi connectivity index (χ2n) is 7.09. The molecule has 5 heteroatoms. The van der Waals surface area contributed by atoms with Crippen LogP contribution in [0.2, 0.25) is 0 Å². The summed E-state index contributed by atoms with van der Waals surface area (Å²) in [6.07, 6.45) is 2.35. The molecule has 0 saturated carbocycles. The third-order valence-corrected chi connectivity index (χ3v) is 5.90. The third-order valence-electron chi connectivity index (χ3n) is 4.94. The molecule has 1 saturated heterocycles. The summed E-state index contributed by atoms with van der Waals surface area (Å²) in [7, 11) is 4.20. The summed E-state index contributed by atoms with van der Waals surface area (Å²) in [6, 6.07) is 12.9. The van der Waals surface area contributed by atoms with Crippen molar-refractivity contribution in [1.29, 1.82) is 0 Å². The second kappa shape index (κ2) is 10.1. The maximum atomic E-state index is 6.29. The number of nitrogens with one attached hydrogen (secondary N) is 1. The van der Waals surface area contributed by atoms with Gasteiger partial charge in [0.15, 0.2) is 0 Å². The van der Waals surface area contributed by atoms with Crippen molar-refractivity contribution in [1.82, 2.24) is 15.1 Å². The Bertz CT molecular complexity index is 629. The van der Waals surface area contributed by atoms with Crippen LogP contribution in [0.5, 0.6) is 5.75 Å². The molecule has 1 aromatic carbocycles. The maximum Gasteiger partial charge on any atom is 0.134 e. The Labute approximate surface area is 161 Å². The molecule has 0 aliphatic carbocycles. The van der Waals surface area contributed by atoms with Crippen LogP contribution in [0.3, 0.4) is 0 Å². The maximum absolute atomic E-state index is 6.29. The van der Waals surface area contributed by atoms with Gasteiger partial charge in [-0.05, 0) is 69.3 Å². The summed E-state index contributed by atoms with van der Waals surface area (Å²) in [6.45, 7) is 6.69. The van der Waals surface area contributed by atoms with E-state index in [1.807, 2.05) is 7.05 Å². The van der Waals surface area contributed by atoms with Crippen LogP contribution >= 0.6 is 11.3 Å². The summed E-state index contributed by atoms with van der Waals surface area (Å²) >= 11 is 1.77. The van der Waals surface area contributed by atoms with Gasteiger partial charge in [-0.3, -0.25) is 4.90 Å². The van der Waals surface area contributed by atoms with E-state index in [-0.39, 0.29) is 6.10 Å². The Kier molecular flexibility index (Phi) is 7.50. The van der Waals surface area contributed by atoms with Gasteiger partial charge >= 0.3 is 0 Å². The Morgan fingerprint density at radius 1 is 1.12 bits per heavy atom. The molecule has 0 spiro atoms. The van der Waals surface area contributed by atoms with Crippen LogP contribution in [0.25, 0.3) is 0 Å². The zero-order valence-corrected chi connectivity index (χ0v) is 16.8. The lowest BCUT2D eigenvalue weighted by Gasteiger charge is -2.21. The van der Waals surface area contributed by atoms with Gasteiger partial charge in [0, 0.05) is 30.9 Å². The van der Waals surface area contributed by atoms with E-state index in [0.29, 0.717) is 0 Å². The molecule has 2 aromatic rings. The van der Waals surface area contributed by atoms with E-state index < -0.39 is 0 Å². The Balaban J connectivity index is 1.57. The summed E-state index contributed by atoms with van der Waals surface area (Å²) < 4.78 is 6.29. The molecule has 1 N–H and O–H groups in total. The number of hydrogen-bond donors (Lipinski definition) is 1. The van der Waals surface area contributed by atoms with Gasteiger partial charge in [0.05, 0.1) is 0 Å². The Morgan fingerprint density at radius 3 is 2.69 bits per heavy atom. The number of hydrogen-bond acceptors (Lipinski definition) is 5. The fourth-order valence-electron chi connectivity index (χ4n) is 3.36. The molecule has 1 unspecified atom stereocenters. The Morgan fingerprint density at radius 2 is 1.96 bits per heavy atom. The minimum absolute atomic E-state index is 0.120. The van der Waals surface area contributed by atoms with E-state index in [1.165, 1.54) is 30.0 Å². The molecule has 142 valence electrons. The zero-order chi connectivity index (χ0) is 18.2. The van der Waals surface area contributed by atoms with Crippen LogP contribution in [-0.2, 0) is 6.54 Å². The molecule has 1 aliphatic rings. The zero-order valence-electron chi connectivity index (χ0n) is 16.0. The SMILES string of the molecule is CNCCC(Oc1ccc(CN2CCCN(C)CC2)cc1)c1cccs1. The number of ether oxygens (including phenoxy) is 1. The van der Waals surface area contributed by atoms with Crippen molar-refractivity contribution in [3.05, 3.63) is 52.2 Å². The van der Waals surface area contributed by atoms with Gasteiger partial charge in [-0.15, -0.1) is 11.3 Å². The number of nitrogens with zero attached hydrogens (tertiary/aromatic N) is 2. The van der Waals surface area contributed by atoms with Gasteiger partial charge in [-0.2, -0.15) is 0 Å². The van der Waals surface area contributed by atoms with E-state index >= 15 is 0 Å². The normalized spacial score (nSPS) is 17.8. The fourth-order valence-corrected chi connectivity index (χ4v) is 4.15. The average molecular weight is 374 g/mol. The van der Waals surface area contributed by atoms with Gasteiger partial charge < -0.3 is 15.0 Å². The van der Waals surface area contributed by atoms with E-state index in [4.69, 9.17) is 4.74 Å². The number of rotatable bonds is 8. The number of likely N-dealkylation sites (N-methyl/N-ethyl adjacent to an activating group) is 1. The molecule has 0 bridgehead atoms. The predicted molar refractivity (Wildman–Crippen MR) is 110 cm³/mol. The summed E-state index contributed by atoms with van der Waals surface area (Å²) in [4.78, 5) is 6.27. The van der Waals surface area contributed by atoms with Crippen LogP contribution < -0.4 is 10.1 Å². The molecular weight excluding hydrogens is 342 g/mol. The van der Waals surface area contributed by atoms with Crippen LogP contribution in [0.1, 0.15) is 29.4 Å². The third kappa shape index (κ3) is 5.81. The first kappa shape index (κ1) is 19.4. The first-order valence-corrected chi connectivity index (χ1v) is 10.5. The van der Waals surface area contributed by atoms with Gasteiger partial charge in [0.25, 0.3) is 0 Å². The van der Waals surface area contributed by atoms with Crippen LogP contribution in [0.4, 0.5) is 0 Å². The molecule has 1 atom stereocenters. The van der Waals surface area contributed by atoms with Gasteiger partial charge in [-0.1, -0.05) is 18.2 Å². The van der Waals surface area contributed by atoms with E-state index in [1.54, 1.807) is 11.3 Å². The van der Waals surface area contributed by atoms with E-state index in [9.17, 15) is 0 Å². The fraction of sp³-hybridized carbons (Fsp3) is 0.524. The molecule has 1 fully saturated rings. The molecule has 0 radical (unpaired) electrons. The van der Waals surface area contributed by atoms with Gasteiger partial charge in [0.2, 0.25) is 0 Å². The van der Waals surface area contributed by atoms with Crippen molar-refractivity contribution >= 4 is 11.3 Å². The van der Waals surface area contributed by atoms with Crippen molar-refractivity contribution in [3.63, 3.8) is 0 Å². The van der Waals surface area contributed by atoms with Crippen molar-refractivity contribution in [2.24, 2.45) is 0 Å². The topological polar surface area (TPSA) is 27.7 Å². The first-order valence-electron chi connectivity index (χ1n) is 9.59. The van der Waals surface area contributed by atoms with E-state index in [0.717, 1.165) is 38.3 Å². The molecule has 26 heavy (non-hydrogen) atoms. The molecule has 2 heterocycles. The lowest BCUT2D eigenvalue weighted by Crippen LogP contribution is -2.28.